The van der Waals surface area contributed by atoms with Gasteiger partial charge in [-0.1, -0.05) is 0 Å². The van der Waals surface area contributed by atoms with E-state index in [1.807, 2.05) is 6.92 Å². The van der Waals surface area contributed by atoms with Crippen molar-refractivity contribution in [2.75, 3.05) is 12.0 Å². The maximum Gasteiger partial charge on any atom is 0.352 e. The third kappa shape index (κ3) is 2.45. The molecule has 0 saturated carbocycles. The van der Waals surface area contributed by atoms with Crippen LogP contribution in [0.5, 0.6) is 0 Å². The van der Waals surface area contributed by atoms with E-state index in [-0.39, 0.29) is 11.7 Å². The van der Waals surface area contributed by atoms with Gasteiger partial charge in [0.05, 0.1) is 0 Å². The van der Waals surface area contributed by atoms with E-state index in [9.17, 15) is 9.00 Å². The van der Waals surface area contributed by atoms with Crippen LogP contribution in [0.1, 0.15) is 23.5 Å². The molecule has 78 valence electrons. The van der Waals surface area contributed by atoms with E-state index in [0.717, 1.165) is 0 Å². The summed E-state index contributed by atoms with van der Waals surface area (Å²) in [5, 5.41) is 8.84. The second-order valence-electron chi connectivity index (χ2n) is 3.19. The SMILES string of the molecule is CC(CS(C)=O)n1cccc1C(=O)O. The first kappa shape index (κ1) is 11.0. The molecule has 0 amide bonds. The lowest BCUT2D eigenvalue weighted by atomic mass is 10.3. The summed E-state index contributed by atoms with van der Waals surface area (Å²) in [4.78, 5) is 10.8. The molecular formula is C9H13NO3S. The number of carbonyl (C=O) groups is 1. The summed E-state index contributed by atoms with van der Waals surface area (Å²) in [6.45, 7) is 1.86. The zero-order valence-electron chi connectivity index (χ0n) is 8.14. The van der Waals surface area contributed by atoms with E-state index in [0.29, 0.717) is 5.75 Å². The molecule has 0 spiro atoms. The molecule has 1 aromatic rings. The number of nitrogens with zero attached hydrogens (tertiary/aromatic N) is 1. The Labute approximate surface area is 85.0 Å². The monoisotopic (exact) mass is 215 g/mol. The zero-order valence-corrected chi connectivity index (χ0v) is 8.95. The standard InChI is InChI=1S/C9H13NO3S/c1-7(6-14(2)13)10-5-3-4-8(10)9(11)12/h3-5,7H,6H2,1-2H3,(H,11,12). The summed E-state index contributed by atoms with van der Waals surface area (Å²) >= 11 is 0. The van der Waals surface area contributed by atoms with Crippen molar-refractivity contribution in [1.82, 2.24) is 4.57 Å². The topological polar surface area (TPSA) is 59.3 Å². The maximum atomic E-state index is 11.0. The van der Waals surface area contributed by atoms with E-state index in [4.69, 9.17) is 5.11 Å². The molecule has 0 aliphatic carbocycles. The highest BCUT2D eigenvalue weighted by Crippen LogP contribution is 2.12. The number of carboxylic acids is 1. The van der Waals surface area contributed by atoms with Crippen molar-refractivity contribution in [3.63, 3.8) is 0 Å². The minimum atomic E-state index is -0.955. The fourth-order valence-corrected chi connectivity index (χ4v) is 2.22. The molecule has 4 nitrogen and oxygen atoms in total. The molecule has 5 heteroatoms. The quantitative estimate of drug-likeness (QED) is 0.819. The van der Waals surface area contributed by atoms with Crippen molar-refractivity contribution >= 4 is 16.8 Å². The van der Waals surface area contributed by atoms with E-state index < -0.39 is 16.8 Å². The van der Waals surface area contributed by atoms with Crippen LogP contribution in [-0.4, -0.2) is 31.9 Å². The number of aromatic nitrogens is 1. The number of carboxylic acid groups (broad SMARTS) is 1. The van der Waals surface area contributed by atoms with Gasteiger partial charge in [-0.05, 0) is 19.1 Å². The van der Waals surface area contributed by atoms with Crippen molar-refractivity contribution in [2.45, 2.75) is 13.0 Å². The average molecular weight is 215 g/mol. The molecular weight excluding hydrogens is 202 g/mol. The Morgan fingerprint density at radius 2 is 2.36 bits per heavy atom. The molecule has 0 aliphatic rings. The Bertz CT molecular complexity index is 359. The highest BCUT2D eigenvalue weighted by atomic mass is 32.2. The summed E-state index contributed by atoms with van der Waals surface area (Å²) < 4.78 is 12.6. The van der Waals surface area contributed by atoms with Gasteiger partial charge in [0.25, 0.3) is 0 Å². The summed E-state index contributed by atoms with van der Waals surface area (Å²) in [5.41, 5.74) is 0.239. The lowest BCUT2D eigenvalue weighted by Gasteiger charge is -2.14. The lowest BCUT2D eigenvalue weighted by Crippen LogP contribution is -2.16. The van der Waals surface area contributed by atoms with Gasteiger partial charge in [-0.25, -0.2) is 4.79 Å². The largest absolute Gasteiger partial charge is 0.477 e. The van der Waals surface area contributed by atoms with Crippen LogP contribution in [0.15, 0.2) is 18.3 Å². The summed E-state index contributed by atoms with van der Waals surface area (Å²) in [6, 6.07) is 3.16. The van der Waals surface area contributed by atoms with Crippen molar-refractivity contribution in [2.24, 2.45) is 0 Å². The molecule has 0 aliphatic heterocycles. The molecule has 0 saturated heterocycles. The molecule has 1 heterocycles. The van der Waals surface area contributed by atoms with Gasteiger partial charge in [-0.2, -0.15) is 0 Å². The van der Waals surface area contributed by atoms with Crippen LogP contribution >= 0.6 is 0 Å². The second-order valence-corrected chi connectivity index (χ2v) is 4.67. The van der Waals surface area contributed by atoms with Crippen LogP contribution < -0.4 is 0 Å². The third-order valence-electron chi connectivity index (χ3n) is 1.95. The van der Waals surface area contributed by atoms with Crippen molar-refractivity contribution < 1.29 is 14.1 Å². The maximum absolute atomic E-state index is 11.0. The van der Waals surface area contributed by atoms with Gasteiger partial charge in [-0.3, -0.25) is 4.21 Å². The summed E-state index contributed by atoms with van der Waals surface area (Å²) in [6.07, 6.45) is 3.31. The minimum absolute atomic E-state index is 0.0538. The molecule has 1 aromatic heterocycles. The van der Waals surface area contributed by atoms with Gasteiger partial charge in [0.15, 0.2) is 0 Å². The van der Waals surface area contributed by atoms with Gasteiger partial charge in [-0.15, -0.1) is 0 Å². The molecule has 1 N–H and O–H groups in total. The first-order chi connectivity index (χ1) is 6.52. The van der Waals surface area contributed by atoms with Crippen LogP contribution in [-0.2, 0) is 10.8 Å². The van der Waals surface area contributed by atoms with Crippen LogP contribution in [0.2, 0.25) is 0 Å². The highest BCUT2D eigenvalue weighted by Gasteiger charge is 2.14. The first-order valence-corrected chi connectivity index (χ1v) is 5.95. The smallest absolute Gasteiger partial charge is 0.352 e. The van der Waals surface area contributed by atoms with Gasteiger partial charge < -0.3 is 9.67 Å². The molecule has 0 fully saturated rings. The van der Waals surface area contributed by atoms with Crippen LogP contribution in [0.4, 0.5) is 0 Å². The molecule has 0 radical (unpaired) electrons. The Balaban J connectivity index is 2.89. The Kier molecular flexibility index (Phi) is 3.46. The third-order valence-corrected chi connectivity index (χ3v) is 2.90. The van der Waals surface area contributed by atoms with Gasteiger partial charge in [0.2, 0.25) is 0 Å². The first-order valence-electron chi connectivity index (χ1n) is 4.22. The van der Waals surface area contributed by atoms with Crippen molar-refractivity contribution in [3.05, 3.63) is 24.0 Å². The Morgan fingerprint density at radius 1 is 1.71 bits per heavy atom. The second kappa shape index (κ2) is 4.41. The fraction of sp³-hybridized carbons (Fsp3) is 0.444. The van der Waals surface area contributed by atoms with Crippen LogP contribution in [0.3, 0.4) is 0 Å². The number of aromatic carboxylic acids is 1. The van der Waals surface area contributed by atoms with E-state index in [2.05, 4.69) is 0 Å². The Hall–Kier alpha value is -1.10. The van der Waals surface area contributed by atoms with Gasteiger partial charge in [0.1, 0.15) is 5.69 Å². The van der Waals surface area contributed by atoms with Gasteiger partial charge >= 0.3 is 5.97 Å². The predicted molar refractivity (Wildman–Crippen MR) is 55.0 cm³/mol. The minimum Gasteiger partial charge on any atom is -0.477 e. The van der Waals surface area contributed by atoms with Crippen LogP contribution in [0, 0.1) is 0 Å². The molecule has 0 bridgehead atoms. The lowest BCUT2D eigenvalue weighted by molar-refractivity contribution is 0.0683. The number of hydrogen-bond donors (Lipinski definition) is 1. The number of rotatable bonds is 4. The fourth-order valence-electron chi connectivity index (χ4n) is 1.38. The van der Waals surface area contributed by atoms with E-state index in [1.165, 1.54) is 6.07 Å². The molecule has 1 rings (SSSR count). The average Bonchev–Trinajstić information content (AvgIpc) is 2.49. The van der Waals surface area contributed by atoms with E-state index >= 15 is 0 Å². The zero-order chi connectivity index (χ0) is 10.7. The van der Waals surface area contributed by atoms with E-state index in [1.54, 1.807) is 23.1 Å². The molecule has 14 heavy (non-hydrogen) atoms. The molecule has 2 atom stereocenters. The normalized spacial score (nSPS) is 15.0. The predicted octanol–water partition coefficient (Wildman–Crippen LogP) is 1.13. The highest BCUT2D eigenvalue weighted by molar-refractivity contribution is 7.84. The number of hydrogen-bond acceptors (Lipinski definition) is 2. The van der Waals surface area contributed by atoms with Crippen molar-refractivity contribution in [1.29, 1.82) is 0 Å². The Morgan fingerprint density at radius 3 is 2.86 bits per heavy atom. The van der Waals surface area contributed by atoms with Gasteiger partial charge in [0, 0.05) is 35.0 Å². The molecule has 2 unspecified atom stereocenters. The summed E-state index contributed by atoms with van der Waals surface area (Å²) in [5.74, 6) is -0.488. The molecule has 0 aromatic carbocycles. The van der Waals surface area contributed by atoms with Crippen LogP contribution in [0.25, 0.3) is 0 Å². The summed E-state index contributed by atoms with van der Waals surface area (Å²) in [7, 11) is -0.916. The van der Waals surface area contributed by atoms with Crippen molar-refractivity contribution in [3.8, 4) is 0 Å².